The van der Waals surface area contributed by atoms with Crippen molar-refractivity contribution in [3.8, 4) is 6.07 Å². The largest absolute Gasteiger partial charge is 0.363 e. The zero-order valence-electron chi connectivity index (χ0n) is 10.2. The van der Waals surface area contributed by atoms with Gasteiger partial charge in [0.25, 0.3) is 0 Å². The molecule has 0 aromatic carbocycles. The van der Waals surface area contributed by atoms with Crippen LogP contribution in [0.3, 0.4) is 0 Å². The molecule has 0 saturated heterocycles. The smallest absolute Gasteiger partial charge is 0.153 e. The predicted molar refractivity (Wildman–Crippen MR) is 63.9 cm³/mol. The Labute approximate surface area is 102 Å². The van der Waals surface area contributed by atoms with Gasteiger partial charge in [0.2, 0.25) is 0 Å². The molecule has 1 aliphatic heterocycles. The summed E-state index contributed by atoms with van der Waals surface area (Å²) in [5, 5.41) is 9.08. The van der Waals surface area contributed by atoms with Crippen LogP contribution in [0, 0.1) is 17.2 Å². The van der Waals surface area contributed by atoms with Crippen molar-refractivity contribution in [3.63, 3.8) is 0 Å². The Morgan fingerprint density at radius 3 is 2.71 bits per heavy atom. The van der Waals surface area contributed by atoms with E-state index in [9.17, 15) is 4.79 Å². The minimum Gasteiger partial charge on any atom is -0.363 e. The Morgan fingerprint density at radius 1 is 1.59 bits per heavy atom. The summed E-state index contributed by atoms with van der Waals surface area (Å²) in [6, 6.07) is 2.26. The van der Waals surface area contributed by atoms with Crippen molar-refractivity contribution in [3.05, 3.63) is 0 Å². The van der Waals surface area contributed by atoms with Crippen LogP contribution in [0.25, 0.3) is 0 Å². The SMILES string of the molecule is COC1(C#N)CCC(CC(=O)CC2=NC2)CC1. The first-order valence-electron chi connectivity index (χ1n) is 6.18. The second kappa shape index (κ2) is 4.97. The summed E-state index contributed by atoms with van der Waals surface area (Å²) in [5.74, 6) is 0.728. The Morgan fingerprint density at radius 2 is 2.24 bits per heavy atom. The minimum absolute atomic E-state index is 0.299. The molecule has 2 aliphatic rings. The summed E-state index contributed by atoms with van der Waals surface area (Å²) in [6.45, 7) is 0.789. The van der Waals surface area contributed by atoms with Gasteiger partial charge < -0.3 is 4.74 Å². The molecule has 0 spiro atoms. The number of rotatable bonds is 5. The first-order valence-corrected chi connectivity index (χ1v) is 6.18. The summed E-state index contributed by atoms with van der Waals surface area (Å²) in [4.78, 5) is 15.7. The van der Waals surface area contributed by atoms with E-state index < -0.39 is 5.60 Å². The van der Waals surface area contributed by atoms with Crippen molar-refractivity contribution in [2.24, 2.45) is 10.9 Å². The molecule has 1 aliphatic carbocycles. The van der Waals surface area contributed by atoms with Crippen LogP contribution in [-0.2, 0) is 9.53 Å². The molecule has 0 aromatic heterocycles. The van der Waals surface area contributed by atoms with Crippen LogP contribution in [-0.4, -0.2) is 30.8 Å². The van der Waals surface area contributed by atoms with E-state index in [2.05, 4.69) is 11.1 Å². The molecule has 0 N–H and O–H groups in total. The van der Waals surface area contributed by atoms with Crippen molar-refractivity contribution in [2.75, 3.05) is 13.7 Å². The van der Waals surface area contributed by atoms with E-state index in [0.717, 1.165) is 37.9 Å². The fraction of sp³-hybridized carbons (Fsp3) is 0.769. The molecule has 4 nitrogen and oxygen atoms in total. The molecule has 0 aromatic rings. The van der Waals surface area contributed by atoms with Gasteiger partial charge in [0.15, 0.2) is 5.60 Å². The highest BCUT2D eigenvalue weighted by Gasteiger charge is 2.36. The second-order valence-corrected chi connectivity index (χ2v) is 5.06. The topological polar surface area (TPSA) is 62.4 Å². The first kappa shape index (κ1) is 12.3. The number of carbonyl (C=O) groups excluding carboxylic acids is 1. The van der Waals surface area contributed by atoms with Crippen molar-refractivity contribution in [1.29, 1.82) is 5.26 Å². The van der Waals surface area contributed by atoms with Crippen molar-refractivity contribution >= 4 is 11.5 Å². The number of Topliss-reactive ketones (excluding diaryl/α,β-unsaturated/α-hetero) is 1. The third-order valence-electron chi connectivity index (χ3n) is 3.81. The van der Waals surface area contributed by atoms with Crippen LogP contribution >= 0.6 is 0 Å². The molecule has 4 heteroatoms. The van der Waals surface area contributed by atoms with E-state index in [4.69, 9.17) is 10.00 Å². The van der Waals surface area contributed by atoms with Gasteiger partial charge in [-0.25, -0.2) is 0 Å². The highest BCUT2D eigenvalue weighted by Crippen LogP contribution is 2.35. The third-order valence-corrected chi connectivity index (χ3v) is 3.81. The van der Waals surface area contributed by atoms with E-state index in [0.29, 0.717) is 24.5 Å². The number of hydrogen-bond donors (Lipinski definition) is 0. The van der Waals surface area contributed by atoms with Gasteiger partial charge in [0.1, 0.15) is 5.78 Å². The lowest BCUT2D eigenvalue weighted by molar-refractivity contribution is -0.119. The molecule has 1 fully saturated rings. The number of nitriles is 1. The summed E-state index contributed by atoms with van der Waals surface area (Å²) >= 11 is 0. The summed E-state index contributed by atoms with van der Waals surface area (Å²) in [5.41, 5.74) is 0.453. The zero-order valence-corrected chi connectivity index (χ0v) is 10.2. The number of methoxy groups -OCH3 is 1. The van der Waals surface area contributed by atoms with Gasteiger partial charge in [-0.05, 0) is 31.6 Å². The molecule has 92 valence electrons. The average molecular weight is 234 g/mol. The van der Waals surface area contributed by atoms with E-state index in [-0.39, 0.29) is 0 Å². The molecule has 1 heterocycles. The Kier molecular flexibility index (Phi) is 3.58. The van der Waals surface area contributed by atoms with Crippen LogP contribution in [0.2, 0.25) is 0 Å². The van der Waals surface area contributed by atoms with E-state index in [1.807, 2.05) is 0 Å². The quantitative estimate of drug-likeness (QED) is 0.729. The molecule has 0 radical (unpaired) electrons. The fourth-order valence-corrected chi connectivity index (χ4v) is 2.50. The van der Waals surface area contributed by atoms with E-state index in [1.165, 1.54) is 0 Å². The van der Waals surface area contributed by atoms with Crippen molar-refractivity contribution < 1.29 is 9.53 Å². The van der Waals surface area contributed by atoms with Gasteiger partial charge in [-0.1, -0.05) is 0 Å². The molecule has 1 saturated carbocycles. The van der Waals surface area contributed by atoms with E-state index >= 15 is 0 Å². The first-order chi connectivity index (χ1) is 8.17. The monoisotopic (exact) mass is 234 g/mol. The van der Waals surface area contributed by atoms with Gasteiger partial charge >= 0.3 is 0 Å². The Balaban J connectivity index is 1.76. The molecule has 0 atom stereocenters. The molecule has 17 heavy (non-hydrogen) atoms. The molecular formula is C13H18N2O2. The fourth-order valence-electron chi connectivity index (χ4n) is 2.50. The number of hydrogen-bond acceptors (Lipinski definition) is 4. The highest BCUT2D eigenvalue weighted by atomic mass is 16.5. The van der Waals surface area contributed by atoms with Gasteiger partial charge in [-0.15, -0.1) is 0 Å². The van der Waals surface area contributed by atoms with Gasteiger partial charge in [0.05, 0.1) is 12.6 Å². The summed E-state index contributed by atoms with van der Waals surface area (Å²) in [6.07, 6.45) is 4.52. The highest BCUT2D eigenvalue weighted by molar-refractivity contribution is 6.08. The third kappa shape index (κ3) is 3.13. The maximum atomic E-state index is 11.7. The Hall–Kier alpha value is -1.21. The van der Waals surface area contributed by atoms with E-state index in [1.54, 1.807) is 7.11 Å². The number of nitrogens with zero attached hydrogens (tertiary/aromatic N) is 2. The Bertz CT molecular complexity index is 373. The average Bonchev–Trinajstić information content (AvgIpc) is 3.14. The maximum Gasteiger partial charge on any atom is 0.153 e. The maximum absolute atomic E-state index is 11.7. The lowest BCUT2D eigenvalue weighted by atomic mass is 9.77. The number of ketones is 1. The van der Waals surface area contributed by atoms with Gasteiger partial charge in [-0.3, -0.25) is 9.79 Å². The zero-order chi connectivity index (χ0) is 12.3. The number of aliphatic imine (C=N–C) groups is 1. The normalized spacial score (nSPS) is 31.5. The minimum atomic E-state index is -0.597. The van der Waals surface area contributed by atoms with Crippen LogP contribution in [0.15, 0.2) is 4.99 Å². The van der Waals surface area contributed by atoms with Gasteiger partial charge in [0, 0.05) is 25.7 Å². The van der Waals surface area contributed by atoms with Crippen molar-refractivity contribution in [1.82, 2.24) is 0 Å². The van der Waals surface area contributed by atoms with Crippen LogP contribution in [0.5, 0.6) is 0 Å². The summed E-state index contributed by atoms with van der Waals surface area (Å²) < 4.78 is 5.29. The summed E-state index contributed by atoms with van der Waals surface area (Å²) in [7, 11) is 1.60. The lowest BCUT2D eigenvalue weighted by Gasteiger charge is -2.33. The van der Waals surface area contributed by atoms with Gasteiger partial charge in [-0.2, -0.15) is 5.26 Å². The van der Waals surface area contributed by atoms with Crippen LogP contribution in [0.1, 0.15) is 38.5 Å². The molecule has 2 rings (SSSR count). The predicted octanol–water partition coefficient (Wildman–Crippen LogP) is 1.89. The molecule has 0 bridgehead atoms. The standard InChI is InChI=1S/C13H18N2O2/c1-17-13(9-14)4-2-10(3-5-13)6-12(16)7-11-8-15-11/h10H,2-8H2,1H3. The number of carbonyl (C=O) groups is 1. The second-order valence-electron chi connectivity index (χ2n) is 5.06. The number of ether oxygens (including phenoxy) is 1. The van der Waals surface area contributed by atoms with Crippen LogP contribution < -0.4 is 0 Å². The molecule has 0 amide bonds. The van der Waals surface area contributed by atoms with Crippen LogP contribution in [0.4, 0.5) is 0 Å². The lowest BCUT2D eigenvalue weighted by Crippen LogP contribution is -2.35. The molecule has 0 unspecified atom stereocenters. The molecular weight excluding hydrogens is 216 g/mol. The van der Waals surface area contributed by atoms with Crippen molar-refractivity contribution in [2.45, 2.75) is 44.1 Å².